The van der Waals surface area contributed by atoms with E-state index < -0.39 is 0 Å². The fraction of sp³-hybridized carbons (Fsp3) is 0.0435. The van der Waals surface area contributed by atoms with Crippen LogP contribution in [0.15, 0.2) is 73.3 Å². The SMILES string of the molecule is C=C/C=C(\OC)c1ccc2sc3c4ccc5ccccc5c4[nH]c3c2c1. The maximum Gasteiger partial charge on any atom is 0.126 e. The first-order valence-electron chi connectivity index (χ1n) is 8.53. The molecule has 2 nitrogen and oxygen atoms in total. The van der Waals surface area contributed by atoms with Crippen LogP contribution < -0.4 is 0 Å². The Bertz CT molecular complexity index is 1340. The average molecular weight is 355 g/mol. The van der Waals surface area contributed by atoms with Gasteiger partial charge < -0.3 is 9.72 Å². The Hall–Kier alpha value is -3.04. The van der Waals surface area contributed by atoms with Gasteiger partial charge in [0.1, 0.15) is 5.76 Å². The number of fused-ring (bicyclic) bond motifs is 7. The second-order valence-corrected chi connectivity index (χ2v) is 7.37. The van der Waals surface area contributed by atoms with Crippen LogP contribution in [0.3, 0.4) is 0 Å². The zero-order valence-corrected chi connectivity index (χ0v) is 15.2. The minimum atomic E-state index is 0.822. The highest BCUT2D eigenvalue weighted by molar-refractivity contribution is 7.26. The van der Waals surface area contributed by atoms with E-state index in [9.17, 15) is 0 Å². The topological polar surface area (TPSA) is 25.0 Å². The summed E-state index contributed by atoms with van der Waals surface area (Å²) in [5.74, 6) is 0.822. The number of nitrogens with one attached hydrogen (secondary N) is 1. The average Bonchev–Trinajstić information content (AvgIpc) is 3.22. The number of ether oxygens (including phenoxy) is 1. The fourth-order valence-corrected chi connectivity index (χ4v) is 4.84. The van der Waals surface area contributed by atoms with Crippen LogP contribution in [0.1, 0.15) is 5.56 Å². The van der Waals surface area contributed by atoms with Gasteiger partial charge in [0.25, 0.3) is 0 Å². The Labute approximate surface area is 155 Å². The van der Waals surface area contributed by atoms with Gasteiger partial charge in [-0.2, -0.15) is 0 Å². The Morgan fingerprint density at radius 2 is 1.88 bits per heavy atom. The van der Waals surface area contributed by atoms with Crippen molar-refractivity contribution in [3.63, 3.8) is 0 Å². The van der Waals surface area contributed by atoms with Crippen molar-refractivity contribution < 1.29 is 4.74 Å². The maximum absolute atomic E-state index is 5.51. The smallest absolute Gasteiger partial charge is 0.126 e. The molecule has 0 aliphatic carbocycles. The van der Waals surface area contributed by atoms with Crippen LogP contribution in [0.5, 0.6) is 0 Å². The molecule has 0 aliphatic heterocycles. The van der Waals surface area contributed by atoms with Gasteiger partial charge in [0.2, 0.25) is 0 Å². The van der Waals surface area contributed by atoms with Crippen LogP contribution in [-0.4, -0.2) is 12.1 Å². The standard InChI is InChI=1S/C23H17NOS/c1-3-6-19(25-2)15-10-12-20-18(13-15)22-23(26-20)17-11-9-14-7-4-5-8-16(14)21(17)24-22/h3-13,24H,1H2,2H3/b19-6-. The van der Waals surface area contributed by atoms with Crippen molar-refractivity contribution in [3.8, 4) is 0 Å². The molecule has 3 aromatic carbocycles. The Kier molecular flexibility index (Phi) is 3.37. The van der Waals surface area contributed by atoms with Crippen LogP contribution in [0, 0.1) is 0 Å². The first-order valence-corrected chi connectivity index (χ1v) is 9.34. The first-order chi connectivity index (χ1) is 12.8. The number of thiophene rings is 1. The van der Waals surface area contributed by atoms with E-state index >= 15 is 0 Å². The number of allylic oxidation sites excluding steroid dienone is 2. The Morgan fingerprint density at radius 1 is 1.00 bits per heavy atom. The predicted molar refractivity (Wildman–Crippen MR) is 114 cm³/mol. The normalized spacial score (nSPS) is 12.4. The summed E-state index contributed by atoms with van der Waals surface area (Å²) in [4.78, 5) is 3.69. The van der Waals surface area contributed by atoms with Crippen molar-refractivity contribution in [1.82, 2.24) is 4.98 Å². The lowest BCUT2D eigenvalue weighted by molar-refractivity contribution is 0.370. The molecule has 0 spiro atoms. The van der Waals surface area contributed by atoms with E-state index in [0.29, 0.717) is 0 Å². The molecule has 0 bridgehead atoms. The van der Waals surface area contributed by atoms with Gasteiger partial charge in [0, 0.05) is 26.4 Å². The molecule has 26 heavy (non-hydrogen) atoms. The van der Waals surface area contributed by atoms with Gasteiger partial charge in [-0.25, -0.2) is 0 Å². The molecule has 0 saturated carbocycles. The molecule has 0 atom stereocenters. The molecule has 3 heteroatoms. The lowest BCUT2D eigenvalue weighted by Gasteiger charge is -2.05. The van der Waals surface area contributed by atoms with Gasteiger partial charge in [-0.15, -0.1) is 11.3 Å². The van der Waals surface area contributed by atoms with Crippen LogP contribution in [-0.2, 0) is 4.74 Å². The van der Waals surface area contributed by atoms with Crippen molar-refractivity contribution >= 4 is 59.1 Å². The van der Waals surface area contributed by atoms with Crippen LogP contribution >= 0.6 is 11.3 Å². The number of hydrogen-bond acceptors (Lipinski definition) is 2. The summed E-state index contributed by atoms with van der Waals surface area (Å²) in [6.07, 6.45) is 3.64. The van der Waals surface area contributed by atoms with E-state index in [1.165, 1.54) is 42.0 Å². The number of hydrogen-bond donors (Lipinski definition) is 1. The summed E-state index contributed by atoms with van der Waals surface area (Å²) < 4.78 is 8.10. The van der Waals surface area contributed by atoms with E-state index in [0.717, 1.165) is 11.3 Å². The fourth-order valence-electron chi connectivity index (χ4n) is 3.67. The molecule has 1 N–H and O–H groups in total. The molecule has 0 aliphatic rings. The molecule has 5 aromatic rings. The number of aromatic nitrogens is 1. The molecule has 0 unspecified atom stereocenters. The predicted octanol–water partition coefficient (Wildman–Crippen LogP) is 6.86. The van der Waals surface area contributed by atoms with E-state index in [-0.39, 0.29) is 0 Å². The lowest BCUT2D eigenvalue weighted by atomic mass is 10.1. The van der Waals surface area contributed by atoms with Crippen molar-refractivity contribution in [3.05, 3.63) is 78.9 Å². The summed E-state index contributed by atoms with van der Waals surface area (Å²) >= 11 is 1.84. The second-order valence-electron chi connectivity index (χ2n) is 6.32. The van der Waals surface area contributed by atoms with Gasteiger partial charge in [-0.05, 0) is 29.7 Å². The van der Waals surface area contributed by atoms with Crippen molar-refractivity contribution in [1.29, 1.82) is 0 Å². The minimum absolute atomic E-state index is 0.822. The van der Waals surface area contributed by atoms with E-state index in [4.69, 9.17) is 4.74 Å². The van der Waals surface area contributed by atoms with Crippen molar-refractivity contribution in [2.75, 3.05) is 7.11 Å². The van der Waals surface area contributed by atoms with Crippen molar-refractivity contribution in [2.24, 2.45) is 0 Å². The molecule has 126 valence electrons. The molecule has 0 radical (unpaired) electrons. The van der Waals surface area contributed by atoms with Crippen LogP contribution in [0.2, 0.25) is 0 Å². The number of aromatic amines is 1. The van der Waals surface area contributed by atoms with Crippen LogP contribution in [0.4, 0.5) is 0 Å². The zero-order valence-electron chi connectivity index (χ0n) is 14.4. The number of methoxy groups -OCH3 is 1. The number of rotatable bonds is 3. The summed E-state index contributed by atoms with van der Waals surface area (Å²) in [6.45, 7) is 3.77. The zero-order chi connectivity index (χ0) is 17.7. The molecule has 0 saturated heterocycles. The molecular formula is C23H17NOS. The Morgan fingerprint density at radius 3 is 2.73 bits per heavy atom. The third-order valence-electron chi connectivity index (χ3n) is 4.89. The highest BCUT2D eigenvalue weighted by Crippen LogP contribution is 2.41. The molecule has 2 heterocycles. The van der Waals surface area contributed by atoms with Crippen molar-refractivity contribution in [2.45, 2.75) is 0 Å². The van der Waals surface area contributed by atoms with E-state index in [2.05, 4.69) is 66.2 Å². The van der Waals surface area contributed by atoms with Gasteiger partial charge in [-0.3, -0.25) is 0 Å². The molecule has 5 rings (SSSR count). The number of benzene rings is 3. The summed E-state index contributed by atoms with van der Waals surface area (Å²) in [6, 6.07) is 19.4. The Balaban J connectivity index is 1.85. The summed E-state index contributed by atoms with van der Waals surface area (Å²) in [5.41, 5.74) is 3.47. The molecular weight excluding hydrogens is 338 g/mol. The largest absolute Gasteiger partial charge is 0.496 e. The highest BCUT2D eigenvalue weighted by Gasteiger charge is 2.14. The lowest BCUT2D eigenvalue weighted by Crippen LogP contribution is -1.86. The minimum Gasteiger partial charge on any atom is -0.496 e. The quantitative estimate of drug-likeness (QED) is 0.277. The van der Waals surface area contributed by atoms with Gasteiger partial charge in [-0.1, -0.05) is 49.1 Å². The number of H-pyrrole nitrogens is 1. The monoisotopic (exact) mass is 355 g/mol. The van der Waals surface area contributed by atoms with Gasteiger partial charge in [0.15, 0.2) is 0 Å². The highest BCUT2D eigenvalue weighted by atomic mass is 32.1. The first kappa shape index (κ1) is 15.2. The molecule has 0 fully saturated rings. The molecule has 0 amide bonds. The van der Waals surface area contributed by atoms with E-state index in [1.54, 1.807) is 13.2 Å². The second kappa shape index (κ2) is 5.75. The summed E-state index contributed by atoms with van der Waals surface area (Å²) in [5, 5.41) is 5.04. The third-order valence-corrected chi connectivity index (χ3v) is 6.09. The summed E-state index contributed by atoms with van der Waals surface area (Å²) in [7, 11) is 1.69. The molecule has 2 aromatic heterocycles. The maximum atomic E-state index is 5.51. The van der Waals surface area contributed by atoms with E-state index in [1.807, 2.05) is 17.4 Å². The van der Waals surface area contributed by atoms with Gasteiger partial charge >= 0.3 is 0 Å². The third kappa shape index (κ3) is 2.11. The van der Waals surface area contributed by atoms with Gasteiger partial charge in [0.05, 0.1) is 22.8 Å². The van der Waals surface area contributed by atoms with Crippen LogP contribution in [0.25, 0.3) is 47.7 Å².